The van der Waals surface area contributed by atoms with Gasteiger partial charge in [-0.05, 0) is 31.2 Å². The maximum atomic E-state index is 5.39. The molecule has 1 aliphatic rings. The van der Waals surface area contributed by atoms with Crippen LogP contribution in [0.25, 0.3) is 10.9 Å². The molecule has 3 rings (SSSR count). The Morgan fingerprint density at radius 2 is 2.06 bits per heavy atom. The molecule has 1 saturated heterocycles. The van der Waals surface area contributed by atoms with Gasteiger partial charge in [0.1, 0.15) is 0 Å². The van der Waals surface area contributed by atoms with Gasteiger partial charge in [0.25, 0.3) is 0 Å². The Labute approximate surface area is 102 Å². The minimum absolute atomic E-state index is 0.838. The SMILES string of the molecule is [c]1cn(CCC2CCOCC2)c2ccccc12. The van der Waals surface area contributed by atoms with Crippen LogP contribution in [0.15, 0.2) is 30.5 Å². The predicted molar refractivity (Wildman–Crippen MR) is 68.9 cm³/mol. The van der Waals surface area contributed by atoms with Crippen LogP contribution in [0.1, 0.15) is 19.3 Å². The Balaban J connectivity index is 1.68. The second kappa shape index (κ2) is 4.92. The van der Waals surface area contributed by atoms with Gasteiger partial charge < -0.3 is 9.30 Å². The monoisotopic (exact) mass is 228 g/mol. The van der Waals surface area contributed by atoms with Crippen molar-refractivity contribution < 1.29 is 4.74 Å². The zero-order chi connectivity index (χ0) is 11.5. The van der Waals surface area contributed by atoms with Crippen LogP contribution in [0, 0.1) is 12.0 Å². The van der Waals surface area contributed by atoms with Gasteiger partial charge in [-0.3, -0.25) is 0 Å². The lowest BCUT2D eigenvalue weighted by Crippen LogP contribution is -2.17. The van der Waals surface area contributed by atoms with Crippen LogP contribution in [-0.4, -0.2) is 17.8 Å². The normalized spacial score (nSPS) is 17.6. The summed E-state index contributed by atoms with van der Waals surface area (Å²) in [5.41, 5.74) is 1.31. The molecule has 2 aromatic rings. The maximum absolute atomic E-state index is 5.39. The molecular formula is C15H18NO. The van der Waals surface area contributed by atoms with E-state index >= 15 is 0 Å². The summed E-state index contributed by atoms with van der Waals surface area (Å²) in [6, 6.07) is 11.8. The zero-order valence-electron chi connectivity index (χ0n) is 10.1. The van der Waals surface area contributed by atoms with Gasteiger partial charge in [0, 0.05) is 42.9 Å². The molecule has 0 bridgehead atoms. The van der Waals surface area contributed by atoms with Crippen molar-refractivity contribution in [2.24, 2.45) is 5.92 Å². The van der Waals surface area contributed by atoms with Crippen molar-refractivity contribution >= 4 is 10.9 Å². The highest BCUT2D eigenvalue weighted by atomic mass is 16.5. The third kappa shape index (κ3) is 2.37. The van der Waals surface area contributed by atoms with Gasteiger partial charge in [-0.25, -0.2) is 0 Å². The summed E-state index contributed by atoms with van der Waals surface area (Å²) in [5.74, 6) is 0.838. The highest BCUT2D eigenvalue weighted by Gasteiger charge is 2.13. The fourth-order valence-corrected chi connectivity index (χ4v) is 2.60. The number of aryl methyl sites for hydroxylation is 1. The standard InChI is InChI=1S/C15H18NO/c1-2-4-15-14(3-1)6-10-16(15)9-5-13-7-11-17-12-8-13/h1-4,10,13H,5,7-9,11-12H2. The molecule has 0 amide bonds. The molecule has 17 heavy (non-hydrogen) atoms. The number of hydrogen-bond donors (Lipinski definition) is 0. The molecule has 2 heterocycles. The van der Waals surface area contributed by atoms with E-state index in [2.05, 4.69) is 41.1 Å². The molecule has 0 aliphatic carbocycles. The lowest BCUT2D eigenvalue weighted by molar-refractivity contribution is 0.0627. The van der Waals surface area contributed by atoms with Crippen LogP contribution in [0.4, 0.5) is 0 Å². The average Bonchev–Trinajstić information content (AvgIpc) is 2.81. The molecule has 1 aromatic heterocycles. The first-order chi connectivity index (χ1) is 8.43. The number of aromatic nitrogens is 1. The quantitative estimate of drug-likeness (QED) is 0.786. The topological polar surface area (TPSA) is 14.2 Å². The largest absolute Gasteiger partial charge is 0.381 e. The number of rotatable bonds is 3. The van der Waals surface area contributed by atoms with E-state index in [1.54, 1.807) is 0 Å². The van der Waals surface area contributed by atoms with Gasteiger partial charge in [-0.2, -0.15) is 0 Å². The highest BCUT2D eigenvalue weighted by Crippen LogP contribution is 2.21. The summed E-state index contributed by atoms with van der Waals surface area (Å²) in [4.78, 5) is 0. The van der Waals surface area contributed by atoms with Gasteiger partial charge in [0.15, 0.2) is 0 Å². The first-order valence-corrected chi connectivity index (χ1v) is 6.47. The van der Waals surface area contributed by atoms with E-state index in [4.69, 9.17) is 4.74 Å². The third-order valence-electron chi connectivity index (χ3n) is 3.71. The number of ether oxygens (including phenoxy) is 1. The van der Waals surface area contributed by atoms with Crippen LogP contribution in [0.2, 0.25) is 0 Å². The number of fused-ring (bicyclic) bond motifs is 1. The van der Waals surface area contributed by atoms with E-state index in [0.717, 1.165) is 25.7 Å². The van der Waals surface area contributed by atoms with E-state index in [0.29, 0.717) is 0 Å². The molecule has 0 spiro atoms. The van der Waals surface area contributed by atoms with Crippen molar-refractivity contribution in [3.8, 4) is 0 Å². The lowest BCUT2D eigenvalue weighted by Gasteiger charge is -2.22. The Bertz CT molecular complexity index is 482. The van der Waals surface area contributed by atoms with Crippen molar-refractivity contribution in [1.29, 1.82) is 0 Å². The minimum atomic E-state index is 0.838. The van der Waals surface area contributed by atoms with Crippen molar-refractivity contribution in [1.82, 2.24) is 4.57 Å². The van der Waals surface area contributed by atoms with Gasteiger partial charge >= 0.3 is 0 Å². The Kier molecular flexibility index (Phi) is 3.14. The molecule has 1 fully saturated rings. The number of hydrogen-bond acceptors (Lipinski definition) is 1. The molecule has 1 aromatic carbocycles. The molecule has 2 heteroatoms. The molecule has 0 unspecified atom stereocenters. The van der Waals surface area contributed by atoms with Crippen molar-refractivity contribution in [3.05, 3.63) is 36.5 Å². The van der Waals surface area contributed by atoms with Crippen LogP contribution < -0.4 is 0 Å². The van der Waals surface area contributed by atoms with Crippen molar-refractivity contribution in [2.75, 3.05) is 13.2 Å². The summed E-state index contributed by atoms with van der Waals surface area (Å²) in [5, 5.41) is 1.22. The molecule has 1 aliphatic heterocycles. The second-order valence-electron chi connectivity index (χ2n) is 4.83. The molecule has 0 N–H and O–H groups in total. The first kappa shape index (κ1) is 10.8. The van der Waals surface area contributed by atoms with Crippen LogP contribution in [-0.2, 0) is 11.3 Å². The van der Waals surface area contributed by atoms with Gasteiger partial charge in [0.05, 0.1) is 0 Å². The smallest absolute Gasteiger partial charge is 0.0486 e. The van der Waals surface area contributed by atoms with Crippen LogP contribution in [0.5, 0.6) is 0 Å². The van der Waals surface area contributed by atoms with Gasteiger partial charge in [-0.15, -0.1) is 0 Å². The zero-order valence-corrected chi connectivity index (χ0v) is 10.1. The third-order valence-corrected chi connectivity index (χ3v) is 3.71. The number of benzene rings is 1. The summed E-state index contributed by atoms with van der Waals surface area (Å²) in [6.07, 6.45) is 5.80. The van der Waals surface area contributed by atoms with E-state index in [1.165, 1.54) is 30.2 Å². The fraction of sp³-hybridized carbons (Fsp3) is 0.467. The first-order valence-electron chi connectivity index (χ1n) is 6.47. The molecule has 2 nitrogen and oxygen atoms in total. The Morgan fingerprint density at radius 3 is 2.94 bits per heavy atom. The van der Waals surface area contributed by atoms with Crippen molar-refractivity contribution in [2.45, 2.75) is 25.8 Å². The average molecular weight is 228 g/mol. The molecular weight excluding hydrogens is 210 g/mol. The van der Waals surface area contributed by atoms with Gasteiger partial charge in [0.2, 0.25) is 0 Å². The summed E-state index contributed by atoms with van der Waals surface area (Å²) >= 11 is 0. The number of para-hydroxylation sites is 1. The Hall–Kier alpha value is -1.28. The lowest BCUT2D eigenvalue weighted by atomic mass is 9.97. The summed E-state index contributed by atoms with van der Waals surface area (Å²) in [7, 11) is 0. The van der Waals surface area contributed by atoms with Gasteiger partial charge in [-0.1, -0.05) is 18.2 Å². The molecule has 1 radical (unpaired) electrons. The van der Waals surface area contributed by atoms with Crippen LogP contribution in [0.3, 0.4) is 0 Å². The Morgan fingerprint density at radius 1 is 1.24 bits per heavy atom. The molecule has 89 valence electrons. The summed E-state index contributed by atoms with van der Waals surface area (Å²) in [6.45, 7) is 3.00. The highest BCUT2D eigenvalue weighted by molar-refractivity contribution is 5.79. The van der Waals surface area contributed by atoms with E-state index in [-0.39, 0.29) is 0 Å². The second-order valence-corrected chi connectivity index (χ2v) is 4.83. The maximum Gasteiger partial charge on any atom is 0.0486 e. The van der Waals surface area contributed by atoms with E-state index in [1.807, 2.05) is 0 Å². The predicted octanol–water partition coefficient (Wildman–Crippen LogP) is 3.26. The van der Waals surface area contributed by atoms with Crippen molar-refractivity contribution in [3.63, 3.8) is 0 Å². The fourth-order valence-electron chi connectivity index (χ4n) is 2.60. The van der Waals surface area contributed by atoms with Crippen LogP contribution >= 0.6 is 0 Å². The van der Waals surface area contributed by atoms with E-state index in [9.17, 15) is 0 Å². The van der Waals surface area contributed by atoms with E-state index < -0.39 is 0 Å². The number of nitrogens with zero attached hydrogens (tertiary/aromatic N) is 1. The molecule has 0 atom stereocenters. The molecule has 0 saturated carbocycles. The summed E-state index contributed by atoms with van der Waals surface area (Å²) < 4.78 is 7.72. The minimum Gasteiger partial charge on any atom is -0.381 e.